The van der Waals surface area contributed by atoms with E-state index in [1.807, 2.05) is 0 Å². The van der Waals surface area contributed by atoms with Gasteiger partial charge in [0.2, 0.25) is 5.88 Å². The number of halogens is 1. The van der Waals surface area contributed by atoms with Crippen LogP contribution < -0.4 is 15.0 Å². The van der Waals surface area contributed by atoms with Gasteiger partial charge in [0.15, 0.2) is 0 Å². The monoisotopic (exact) mass is 472 g/mol. The Morgan fingerprint density at radius 2 is 1.70 bits per heavy atom. The normalized spacial score (nSPS) is 11.0. The first-order valence-electron chi connectivity index (χ1n) is 8.78. The first-order valence-corrected chi connectivity index (χ1v) is 9.57. The molecule has 8 nitrogen and oxygen atoms in total. The number of fused-ring (bicyclic) bond motifs is 1. The highest BCUT2D eigenvalue weighted by Crippen LogP contribution is 2.26. The lowest BCUT2D eigenvalue weighted by Gasteiger charge is -2.08. The molecule has 9 heteroatoms. The molecule has 0 bridgehead atoms. The van der Waals surface area contributed by atoms with Crippen molar-refractivity contribution < 1.29 is 24.2 Å². The number of hydrogen-bond acceptors (Lipinski definition) is 7. The van der Waals surface area contributed by atoms with Crippen LogP contribution in [0.2, 0.25) is 0 Å². The van der Waals surface area contributed by atoms with Gasteiger partial charge < -0.3 is 14.6 Å². The Kier molecular flexibility index (Phi) is 6.31. The van der Waals surface area contributed by atoms with Gasteiger partial charge in [0.25, 0.3) is 5.56 Å². The fourth-order valence-corrected chi connectivity index (χ4v) is 3.21. The molecule has 0 radical (unpaired) electrons. The molecule has 0 fully saturated rings. The summed E-state index contributed by atoms with van der Waals surface area (Å²) in [6.07, 6.45) is 1.43. The van der Waals surface area contributed by atoms with Gasteiger partial charge in [0.1, 0.15) is 11.5 Å². The molecule has 3 rings (SSSR count). The molecule has 2 aromatic carbocycles. The van der Waals surface area contributed by atoms with Crippen molar-refractivity contribution in [1.29, 1.82) is 0 Å². The van der Waals surface area contributed by atoms with Gasteiger partial charge in [-0.25, -0.2) is 0 Å². The number of pyridine rings is 1. The Balaban J connectivity index is 1.95. The zero-order chi connectivity index (χ0) is 21.8. The maximum Gasteiger partial charge on any atom is 0.308 e. The van der Waals surface area contributed by atoms with E-state index >= 15 is 0 Å². The predicted molar refractivity (Wildman–Crippen MR) is 114 cm³/mol. The molecule has 30 heavy (non-hydrogen) atoms. The summed E-state index contributed by atoms with van der Waals surface area (Å²) in [6, 6.07) is 9.69. The van der Waals surface area contributed by atoms with E-state index in [0.717, 1.165) is 4.47 Å². The Morgan fingerprint density at radius 3 is 2.30 bits per heavy atom. The number of hydrogen-bond donors (Lipinski definition) is 2. The van der Waals surface area contributed by atoms with Gasteiger partial charge in [-0.1, -0.05) is 15.9 Å². The zero-order valence-corrected chi connectivity index (χ0v) is 17.6. The standard InChI is InChI=1S/C21H17BrN2O6/c1-11(25)29-15-5-13(6-16(8-15)30-12(2)26)9-23-10-19-18-7-14(22)3-4-17(18)20(27)24-21(19)28/h3-8,10H,9H2,1-2H3,(H2,24,27,28). The van der Waals surface area contributed by atoms with Crippen LogP contribution in [0.3, 0.4) is 0 Å². The van der Waals surface area contributed by atoms with Crippen LogP contribution >= 0.6 is 15.9 Å². The van der Waals surface area contributed by atoms with E-state index in [9.17, 15) is 19.5 Å². The fourth-order valence-electron chi connectivity index (χ4n) is 2.85. The molecule has 0 saturated heterocycles. The Labute approximate surface area is 179 Å². The third-order valence-corrected chi connectivity index (χ3v) is 4.45. The first kappa shape index (κ1) is 21.3. The van der Waals surface area contributed by atoms with Gasteiger partial charge in [-0.2, -0.15) is 0 Å². The average Bonchev–Trinajstić information content (AvgIpc) is 2.62. The molecule has 3 aromatic rings. The minimum atomic E-state index is -0.514. The highest BCUT2D eigenvalue weighted by Gasteiger charge is 2.10. The second kappa shape index (κ2) is 8.91. The number of aliphatic imine (C=N–C) groups is 1. The Bertz CT molecular complexity index is 1200. The molecule has 1 heterocycles. The third kappa shape index (κ3) is 5.12. The van der Waals surface area contributed by atoms with Crippen LogP contribution in [-0.4, -0.2) is 28.2 Å². The summed E-state index contributed by atoms with van der Waals surface area (Å²) >= 11 is 3.35. The first-order chi connectivity index (χ1) is 14.2. The summed E-state index contributed by atoms with van der Waals surface area (Å²) in [5.41, 5.74) is 0.546. The molecule has 0 spiro atoms. The van der Waals surface area contributed by atoms with Crippen LogP contribution in [0.5, 0.6) is 17.4 Å². The summed E-state index contributed by atoms with van der Waals surface area (Å²) in [4.78, 5) is 41.3. The summed E-state index contributed by atoms with van der Waals surface area (Å²) in [5, 5.41) is 11.1. The van der Waals surface area contributed by atoms with Crippen LogP contribution in [0.15, 0.2) is 50.7 Å². The number of carbonyl (C=O) groups is 2. The van der Waals surface area contributed by atoms with E-state index < -0.39 is 17.5 Å². The molecule has 0 atom stereocenters. The maximum absolute atomic E-state index is 12.1. The lowest BCUT2D eigenvalue weighted by atomic mass is 10.1. The number of ether oxygens (including phenoxy) is 2. The van der Waals surface area contributed by atoms with E-state index in [4.69, 9.17) is 9.47 Å². The number of esters is 2. The van der Waals surface area contributed by atoms with Crippen molar-refractivity contribution >= 4 is 44.9 Å². The van der Waals surface area contributed by atoms with Crippen LogP contribution in [0, 0.1) is 0 Å². The topological polar surface area (TPSA) is 118 Å². The molecule has 0 saturated carbocycles. The smallest absolute Gasteiger partial charge is 0.308 e. The summed E-state index contributed by atoms with van der Waals surface area (Å²) in [7, 11) is 0. The van der Waals surface area contributed by atoms with Crippen molar-refractivity contribution in [2.45, 2.75) is 20.4 Å². The molecule has 0 aliphatic rings. The average molecular weight is 473 g/mol. The quantitative estimate of drug-likeness (QED) is 0.333. The Morgan fingerprint density at radius 1 is 1.07 bits per heavy atom. The molecule has 0 aliphatic heterocycles. The van der Waals surface area contributed by atoms with Gasteiger partial charge in [-0.05, 0) is 35.9 Å². The van der Waals surface area contributed by atoms with Gasteiger partial charge in [-0.3, -0.25) is 24.4 Å². The molecule has 154 valence electrons. The summed E-state index contributed by atoms with van der Waals surface area (Å²) in [5.74, 6) is -0.900. The molecule has 1 aromatic heterocycles. The lowest BCUT2D eigenvalue weighted by Crippen LogP contribution is -2.08. The number of rotatable bonds is 5. The SMILES string of the molecule is CC(=O)Oc1cc(CN=Cc2c(O)[nH]c(=O)c3ccc(Br)cc23)cc(OC(C)=O)c1. The molecule has 0 amide bonds. The van der Waals surface area contributed by atoms with Crippen LogP contribution in [-0.2, 0) is 16.1 Å². The number of benzene rings is 2. The number of nitrogens with one attached hydrogen (secondary N) is 1. The van der Waals surface area contributed by atoms with Gasteiger partial charge in [-0.15, -0.1) is 0 Å². The number of aromatic hydroxyl groups is 1. The van der Waals surface area contributed by atoms with E-state index in [2.05, 4.69) is 25.9 Å². The van der Waals surface area contributed by atoms with Gasteiger partial charge in [0.05, 0.1) is 12.1 Å². The second-order valence-electron chi connectivity index (χ2n) is 6.38. The van der Waals surface area contributed by atoms with Gasteiger partial charge >= 0.3 is 11.9 Å². The summed E-state index contributed by atoms with van der Waals surface area (Å²) in [6.45, 7) is 2.66. The maximum atomic E-state index is 12.1. The molecule has 0 aliphatic carbocycles. The van der Waals surface area contributed by atoms with Crippen LogP contribution in [0.25, 0.3) is 10.8 Å². The predicted octanol–water partition coefficient (Wildman–Crippen LogP) is 3.47. The molecular weight excluding hydrogens is 456 g/mol. The van der Waals surface area contributed by atoms with Gasteiger partial charge in [0, 0.05) is 41.4 Å². The number of carbonyl (C=O) groups excluding carboxylic acids is 2. The highest BCUT2D eigenvalue weighted by atomic mass is 79.9. The highest BCUT2D eigenvalue weighted by molar-refractivity contribution is 9.10. The number of nitrogens with zero attached hydrogens (tertiary/aromatic N) is 1. The third-order valence-electron chi connectivity index (χ3n) is 3.96. The minimum Gasteiger partial charge on any atom is -0.494 e. The molecular formula is C21H17BrN2O6. The van der Waals surface area contributed by atoms with Crippen molar-refractivity contribution in [2.24, 2.45) is 4.99 Å². The second-order valence-corrected chi connectivity index (χ2v) is 7.29. The fraction of sp³-hybridized carbons (Fsp3) is 0.143. The van der Waals surface area contributed by atoms with Crippen molar-refractivity contribution in [2.75, 3.05) is 0 Å². The van der Waals surface area contributed by atoms with E-state index in [1.165, 1.54) is 26.1 Å². The molecule has 0 unspecified atom stereocenters. The molecule has 2 N–H and O–H groups in total. The largest absolute Gasteiger partial charge is 0.494 e. The number of aromatic nitrogens is 1. The van der Waals surface area contributed by atoms with Crippen LogP contribution in [0.4, 0.5) is 0 Å². The van der Waals surface area contributed by atoms with Crippen molar-refractivity contribution in [1.82, 2.24) is 4.98 Å². The number of H-pyrrole nitrogens is 1. The van der Waals surface area contributed by atoms with Crippen molar-refractivity contribution in [3.05, 3.63) is 62.4 Å². The van der Waals surface area contributed by atoms with Crippen LogP contribution in [0.1, 0.15) is 25.0 Å². The van der Waals surface area contributed by atoms with E-state index in [1.54, 1.807) is 30.3 Å². The summed E-state index contributed by atoms with van der Waals surface area (Å²) < 4.78 is 10.9. The van der Waals surface area contributed by atoms with E-state index in [0.29, 0.717) is 21.9 Å². The minimum absolute atomic E-state index is 0.136. The Hall–Kier alpha value is -3.46. The zero-order valence-electron chi connectivity index (χ0n) is 16.1. The number of aromatic amines is 1. The van der Waals surface area contributed by atoms with Crippen molar-refractivity contribution in [3.8, 4) is 17.4 Å². The van der Waals surface area contributed by atoms with E-state index in [-0.39, 0.29) is 23.9 Å². The lowest BCUT2D eigenvalue weighted by molar-refractivity contribution is -0.132. The van der Waals surface area contributed by atoms with Crippen molar-refractivity contribution in [3.63, 3.8) is 0 Å².